The van der Waals surface area contributed by atoms with Crippen molar-refractivity contribution in [3.63, 3.8) is 0 Å². The molecule has 1 N–H and O–H groups in total. The number of anilines is 1. The molecule has 1 heterocycles. The molecule has 0 spiro atoms. The van der Waals surface area contributed by atoms with Crippen molar-refractivity contribution in [2.45, 2.75) is 0 Å². The van der Waals surface area contributed by atoms with E-state index in [1.165, 1.54) is 0 Å². The molecule has 1 aliphatic rings. The smallest absolute Gasteiger partial charge is 0.321 e. The van der Waals surface area contributed by atoms with Gasteiger partial charge >= 0.3 is 6.03 Å². The van der Waals surface area contributed by atoms with Gasteiger partial charge in [0.25, 0.3) is 5.91 Å². The predicted molar refractivity (Wildman–Crippen MR) is 106 cm³/mol. The Morgan fingerprint density at radius 1 is 0.926 bits per heavy atom. The van der Waals surface area contributed by atoms with E-state index in [-0.39, 0.29) is 11.9 Å². The van der Waals surface area contributed by atoms with Crippen LogP contribution in [0.25, 0.3) is 0 Å². The number of methoxy groups -OCH3 is 1. The number of urea groups is 1. The Kier molecular flexibility index (Phi) is 6.08. The zero-order valence-electron chi connectivity index (χ0n) is 14.7. The second kappa shape index (κ2) is 8.50. The van der Waals surface area contributed by atoms with E-state index in [1.807, 2.05) is 0 Å². The summed E-state index contributed by atoms with van der Waals surface area (Å²) < 4.78 is 5.10. The first-order valence-electron chi connectivity index (χ1n) is 8.41. The second-order valence-corrected chi connectivity index (χ2v) is 6.97. The van der Waals surface area contributed by atoms with E-state index in [2.05, 4.69) is 5.32 Å². The van der Waals surface area contributed by atoms with Gasteiger partial charge in [-0.2, -0.15) is 0 Å². The predicted octanol–water partition coefficient (Wildman–Crippen LogP) is 3.99. The Morgan fingerprint density at radius 2 is 1.48 bits per heavy atom. The first kappa shape index (κ1) is 19.3. The number of carbonyl (C=O) groups is 2. The number of piperazine rings is 1. The van der Waals surface area contributed by atoms with Crippen molar-refractivity contribution in [2.75, 3.05) is 38.6 Å². The lowest BCUT2D eigenvalue weighted by Crippen LogP contribution is -2.51. The maximum absolute atomic E-state index is 12.6. The van der Waals surface area contributed by atoms with Gasteiger partial charge in [0.15, 0.2) is 0 Å². The minimum absolute atomic E-state index is 0.144. The zero-order valence-corrected chi connectivity index (χ0v) is 16.3. The van der Waals surface area contributed by atoms with E-state index in [0.717, 1.165) is 5.75 Å². The number of hydrogen-bond donors (Lipinski definition) is 1. The molecule has 1 saturated heterocycles. The Hall–Kier alpha value is -2.44. The molecule has 0 atom stereocenters. The van der Waals surface area contributed by atoms with Crippen molar-refractivity contribution in [1.82, 2.24) is 9.80 Å². The molecule has 8 heteroatoms. The van der Waals surface area contributed by atoms with Crippen molar-refractivity contribution in [3.8, 4) is 5.75 Å². The molecule has 3 rings (SSSR count). The van der Waals surface area contributed by atoms with E-state index < -0.39 is 0 Å². The Labute approximate surface area is 167 Å². The standard InChI is InChI=1S/C19H19Cl2N3O3/c1-27-17-4-2-16(3-5-17)22-19(26)24-8-6-23(7-9-24)18(25)13-10-14(20)12-15(21)11-13/h2-5,10-12H,6-9H2,1H3,(H,22,26). The molecule has 2 aromatic rings. The topological polar surface area (TPSA) is 61.9 Å². The van der Waals surface area contributed by atoms with Gasteiger partial charge in [0.2, 0.25) is 0 Å². The van der Waals surface area contributed by atoms with Crippen molar-refractivity contribution >= 4 is 40.8 Å². The number of carbonyl (C=O) groups excluding carboxylic acids is 2. The van der Waals surface area contributed by atoms with Crippen LogP contribution in [-0.2, 0) is 0 Å². The Morgan fingerprint density at radius 3 is 2.04 bits per heavy atom. The van der Waals surface area contributed by atoms with Crippen LogP contribution < -0.4 is 10.1 Å². The van der Waals surface area contributed by atoms with E-state index in [1.54, 1.807) is 59.4 Å². The van der Waals surface area contributed by atoms with Crippen LogP contribution in [-0.4, -0.2) is 55.0 Å². The number of halogens is 2. The third kappa shape index (κ3) is 4.84. The van der Waals surface area contributed by atoms with Crippen LogP contribution >= 0.6 is 23.2 Å². The molecule has 1 fully saturated rings. The third-order valence-corrected chi connectivity index (χ3v) is 4.74. The van der Waals surface area contributed by atoms with Gasteiger partial charge in [0.1, 0.15) is 5.75 Å². The van der Waals surface area contributed by atoms with Crippen LogP contribution in [0.4, 0.5) is 10.5 Å². The van der Waals surface area contributed by atoms with Crippen molar-refractivity contribution in [3.05, 3.63) is 58.1 Å². The molecule has 0 unspecified atom stereocenters. The highest BCUT2D eigenvalue weighted by Gasteiger charge is 2.25. The number of benzene rings is 2. The van der Waals surface area contributed by atoms with Crippen LogP contribution in [0, 0.1) is 0 Å². The molecular weight excluding hydrogens is 389 g/mol. The number of nitrogens with one attached hydrogen (secondary N) is 1. The highest BCUT2D eigenvalue weighted by atomic mass is 35.5. The SMILES string of the molecule is COc1ccc(NC(=O)N2CCN(C(=O)c3cc(Cl)cc(Cl)c3)CC2)cc1. The summed E-state index contributed by atoms with van der Waals surface area (Å²) in [7, 11) is 1.59. The first-order chi connectivity index (χ1) is 13.0. The summed E-state index contributed by atoms with van der Waals surface area (Å²) in [6.45, 7) is 1.78. The minimum Gasteiger partial charge on any atom is -0.497 e. The lowest BCUT2D eigenvalue weighted by atomic mass is 10.2. The Bertz CT molecular complexity index is 814. The second-order valence-electron chi connectivity index (χ2n) is 6.10. The van der Waals surface area contributed by atoms with Crippen LogP contribution in [0.5, 0.6) is 5.75 Å². The molecule has 3 amide bonds. The van der Waals surface area contributed by atoms with Gasteiger partial charge in [0, 0.05) is 47.5 Å². The number of amides is 3. The van der Waals surface area contributed by atoms with Crippen LogP contribution in [0.3, 0.4) is 0 Å². The summed E-state index contributed by atoms with van der Waals surface area (Å²) in [4.78, 5) is 28.4. The maximum Gasteiger partial charge on any atom is 0.321 e. The summed E-state index contributed by atoms with van der Waals surface area (Å²) in [5, 5.41) is 3.69. The van der Waals surface area contributed by atoms with Gasteiger partial charge in [0.05, 0.1) is 7.11 Å². The average molecular weight is 408 g/mol. The molecule has 0 bridgehead atoms. The van der Waals surface area contributed by atoms with Gasteiger partial charge in [-0.3, -0.25) is 4.79 Å². The fourth-order valence-electron chi connectivity index (χ4n) is 2.85. The number of ether oxygens (including phenoxy) is 1. The summed E-state index contributed by atoms with van der Waals surface area (Å²) in [6.07, 6.45) is 0. The van der Waals surface area contributed by atoms with E-state index in [9.17, 15) is 9.59 Å². The monoisotopic (exact) mass is 407 g/mol. The minimum atomic E-state index is -0.196. The fraction of sp³-hybridized carbons (Fsp3) is 0.263. The van der Waals surface area contributed by atoms with E-state index in [0.29, 0.717) is 47.5 Å². The summed E-state index contributed by atoms with van der Waals surface area (Å²) >= 11 is 11.9. The molecule has 2 aromatic carbocycles. The van der Waals surface area contributed by atoms with Crippen molar-refractivity contribution in [2.24, 2.45) is 0 Å². The number of nitrogens with zero attached hydrogens (tertiary/aromatic N) is 2. The Balaban J connectivity index is 1.56. The number of rotatable bonds is 3. The lowest BCUT2D eigenvalue weighted by Gasteiger charge is -2.34. The molecule has 1 aliphatic heterocycles. The molecule has 142 valence electrons. The quantitative estimate of drug-likeness (QED) is 0.836. The molecule has 0 radical (unpaired) electrons. The molecule has 27 heavy (non-hydrogen) atoms. The van der Waals surface area contributed by atoms with Crippen LogP contribution in [0.15, 0.2) is 42.5 Å². The zero-order chi connectivity index (χ0) is 19.4. The first-order valence-corrected chi connectivity index (χ1v) is 9.17. The highest BCUT2D eigenvalue weighted by molar-refractivity contribution is 6.35. The van der Waals surface area contributed by atoms with E-state index >= 15 is 0 Å². The van der Waals surface area contributed by atoms with Gasteiger partial charge < -0.3 is 19.9 Å². The van der Waals surface area contributed by atoms with Crippen molar-refractivity contribution < 1.29 is 14.3 Å². The normalized spacial score (nSPS) is 14.0. The lowest BCUT2D eigenvalue weighted by molar-refractivity contribution is 0.0671. The molecule has 0 aliphatic carbocycles. The maximum atomic E-state index is 12.6. The summed E-state index contributed by atoms with van der Waals surface area (Å²) in [5.41, 5.74) is 1.14. The summed E-state index contributed by atoms with van der Waals surface area (Å²) in [5.74, 6) is 0.579. The van der Waals surface area contributed by atoms with Gasteiger partial charge in [-0.05, 0) is 42.5 Å². The van der Waals surface area contributed by atoms with Crippen LogP contribution in [0.2, 0.25) is 10.0 Å². The van der Waals surface area contributed by atoms with Gasteiger partial charge in [-0.1, -0.05) is 23.2 Å². The van der Waals surface area contributed by atoms with Crippen molar-refractivity contribution in [1.29, 1.82) is 0 Å². The van der Waals surface area contributed by atoms with Gasteiger partial charge in [-0.25, -0.2) is 4.79 Å². The van der Waals surface area contributed by atoms with Gasteiger partial charge in [-0.15, -0.1) is 0 Å². The molecule has 0 saturated carbocycles. The fourth-order valence-corrected chi connectivity index (χ4v) is 3.38. The summed E-state index contributed by atoms with van der Waals surface area (Å²) in [6, 6.07) is 11.7. The molecular formula is C19H19Cl2N3O3. The molecule has 6 nitrogen and oxygen atoms in total. The number of hydrogen-bond acceptors (Lipinski definition) is 3. The third-order valence-electron chi connectivity index (χ3n) is 4.30. The average Bonchev–Trinajstić information content (AvgIpc) is 2.67. The van der Waals surface area contributed by atoms with E-state index in [4.69, 9.17) is 27.9 Å². The highest BCUT2D eigenvalue weighted by Crippen LogP contribution is 2.21. The molecule has 0 aromatic heterocycles. The largest absolute Gasteiger partial charge is 0.497 e. The van der Waals surface area contributed by atoms with Crippen LogP contribution in [0.1, 0.15) is 10.4 Å².